The smallest absolute Gasteiger partial charge is 0.303 e. The summed E-state index contributed by atoms with van der Waals surface area (Å²) >= 11 is 3.35. The molecule has 0 aliphatic heterocycles. The number of hydrogen-bond acceptors (Lipinski definition) is 3. The molecule has 0 atom stereocenters. The summed E-state index contributed by atoms with van der Waals surface area (Å²) in [5.41, 5.74) is 1.53. The Balaban J connectivity index is 2.12. The van der Waals surface area contributed by atoms with Gasteiger partial charge in [-0.25, -0.2) is 4.98 Å². The Kier molecular flexibility index (Phi) is 3.58. The second-order valence-electron chi connectivity index (χ2n) is 3.54. The molecule has 2 rings (SSSR count). The molecule has 0 saturated carbocycles. The lowest BCUT2D eigenvalue weighted by molar-refractivity contribution is -0.136. The summed E-state index contributed by atoms with van der Waals surface area (Å²) in [4.78, 5) is 14.7. The van der Waals surface area contributed by atoms with Gasteiger partial charge in [-0.05, 0) is 24.3 Å². The van der Waals surface area contributed by atoms with Gasteiger partial charge in [0.05, 0.1) is 12.1 Å². The number of carbonyl (C=O) groups is 1. The Bertz CT molecular complexity index is 519. The van der Waals surface area contributed by atoms with Crippen molar-refractivity contribution < 1.29 is 14.3 Å². The molecule has 0 unspecified atom stereocenters. The highest BCUT2D eigenvalue weighted by Crippen LogP contribution is 2.21. The van der Waals surface area contributed by atoms with Crippen LogP contribution in [-0.2, 0) is 11.2 Å². The van der Waals surface area contributed by atoms with E-state index >= 15 is 0 Å². The molecular formula is C12H10BrNO3. The van der Waals surface area contributed by atoms with Crippen molar-refractivity contribution >= 4 is 21.9 Å². The summed E-state index contributed by atoms with van der Waals surface area (Å²) in [6.45, 7) is 0. The average Bonchev–Trinajstić information content (AvgIpc) is 2.76. The molecule has 0 aliphatic carbocycles. The van der Waals surface area contributed by atoms with Crippen LogP contribution in [0.3, 0.4) is 0 Å². The number of rotatable bonds is 4. The minimum atomic E-state index is -0.835. The predicted molar refractivity (Wildman–Crippen MR) is 65.6 cm³/mol. The first-order valence-electron chi connectivity index (χ1n) is 5.07. The van der Waals surface area contributed by atoms with Crippen LogP contribution in [0.25, 0.3) is 11.5 Å². The van der Waals surface area contributed by atoms with Crippen LogP contribution < -0.4 is 0 Å². The number of carboxylic acid groups (broad SMARTS) is 1. The van der Waals surface area contributed by atoms with E-state index in [1.165, 1.54) is 6.26 Å². The maximum absolute atomic E-state index is 10.4. The Labute approximate surface area is 106 Å². The highest BCUT2D eigenvalue weighted by atomic mass is 79.9. The van der Waals surface area contributed by atoms with Crippen LogP contribution in [0.4, 0.5) is 0 Å². The lowest BCUT2D eigenvalue weighted by Gasteiger charge is -1.94. The van der Waals surface area contributed by atoms with Crippen LogP contribution in [-0.4, -0.2) is 16.1 Å². The summed E-state index contributed by atoms with van der Waals surface area (Å²) in [6, 6.07) is 7.57. The van der Waals surface area contributed by atoms with Gasteiger partial charge in [0.1, 0.15) is 6.26 Å². The van der Waals surface area contributed by atoms with E-state index in [0.29, 0.717) is 18.0 Å². The van der Waals surface area contributed by atoms with Crippen molar-refractivity contribution in [3.8, 4) is 11.5 Å². The zero-order valence-electron chi connectivity index (χ0n) is 8.89. The van der Waals surface area contributed by atoms with E-state index in [9.17, 15) is 4.79 Å². The molecule has 17 heavy (non-hydrogen) atoms. The molecule has 2 aromatic rings. The molecule has 0 fully saturated rings. The molecule has 1 aromatic carbocycles. The molecule has 88 valence electrons. The number of aliphatic carboxylic acids is 1. The second kappa shape index (κ2) is 5.14. The summed E-state index contributed by atoms with van der Waals surface area (Å²) in [7, 11) is 0. The van der Waals surface area contributed by atoms with Gasteiger partial charge in [-0.15, -0.1) is 0 Å². The van der Waals surface area contributed by atoms with Crippen LogP contribution in [0.2, 0.25) is 0 Å². The highest BCUT2D eigenvalue weighted by molar-refractivity contribution is 9.10. The van der Waals surface area contributed by atoms with Crippen LogP contribution in [0.15, 0.2) is 39.4 Å². The molecule has 0 aliphatic rings. The van der Waals surface area contributed by atoms with Crippen molar-refractivity contribution in [3.63, 3.8) is 0 Å². The number of nitrogens with zero attached hydrogens (tertiary/aromatic N) is 1. The first-order valence-corrected chi connectivity index (χ1v) is 5.86. The fraction of sp³-hybridized carbons (Fsp3) is 0.167. The van der Waals surface area contributed by atoms with Gasteiger partial charge < -0.3 is 9.52 Å². The Morgan fingerprint density at radius 1 is 1.35 bits per heavy atom. The molecule has 1 heterocycles. The minimum absolute atomic E-state index is 0.0618. The van der Waals surface area contributed by atoms with E-state index in [2.05, 4.69) is 20.9 Å². The molecule has 4 nitrogen and oxygen atoms in total. The highest BCUT2D eigenvalue weighted by Gasteiger charge is 2.07. The molecule has 0 amide bonds. The van der Waals surface area contributed by atoms with Gasteiger partial charge in [-0.2, -0.15) is 0 Å². The lowest BCUT2D eigenvalue weighted by atomic mass is 10.2. The second-order valence-corrected chi connectivity index (χ2v) is 4.46. The number of benzene rings is 1. The zero-order valence-corrected chi connectivity index (χ0v) is 10.5. The van der Waals surface area contributed by atoms with Gasteiger partial charge in [0.2, 0.25) is 5.89 Å². The van der Waals surface area contributed by atoms with Crippen molar-refractivity contribution in [1.82, 2.24) is 4.98 Å². The molecule has 5 heteroatoms. The number of aryl methyl sites for hydroxylation is 1. The molecular weight excluding hydrogens is 286 g/mol. The summed E-state index contributed by atoms with van der Waals surface area (Å²) in [5, 5.41) is 8.57. The third-order valence-corrected chi connectivity index (χ3v) is 2.77. The molecule has 1 aromatic heterocycles. The number of hydrogen-bond donors (Lipinski definition) is 1. The predicted octanol–water partition coefficient (Wildman–Crippen LogP) is 3.12. The Hall–Kier alpha value is -1.62. The normalized spacial score (nSPS) is 10.4. The fourth-order valence-electron chi connectivity index (χ4n) is 1.38. The van der Waals surface area contributed by atoms with Crippen molar-refractivity contribution in [3.05, 3.63) is 40.7 Å². The standard InChI is InChI=1S/C12H10BrNO3/c13-9-3-1-8(2-4-9)12-14-10(7-17-12)5-6-11(15)16/h1-4,7H,5-6H2,(H,15,16). The van der Waals surface area contributed by atoms with E-state index in [0.717, 1.165) is 10.0 Å². The van der Waals surface area contributed by atoms with Crippen molar-refractivity contribution in [2.75, 3.05) is 0 Å². The zero-order chi connectivity index (χ0) is 12.3. The fourth-order valence-corrected chi connectivity index (χ4v) is 1.65. The maximum Gasteiger partial charge on any atom is 0.303 e. The number of carboxylic acids is 1. The van der Waals surface area contributed by atoms with Crippen LogP contribution in [0.1, 0.15) is 12.1 Å². The number of oxazole rings is 1. The van der Waals surface area contributed by atoms with Gasteiger partial charge in [0, 0.05) is 16.5 Å². The number of halogens is 1. The van der Waals surface area contributed by atoms with Gasteiger partial charge in [0.25, 0.3) is 0 Å². The van der Waals surface area contributed by atoms with E-state index in [4.69, 9.17) is 9.52 Å². The first-order chi connectivity index (χ1) is 8.15. The molecule has 0 bridgehead atoms. The van der Waals surface area contributed by atoms with Gasteiger partial charge in [-0.3, -0.25) is 4.79 Å². The van der Waals surface area contributed by atoms with Gasteiger partial charge >= 0.3 is 5.97 Å². The minimum Gasteiger partial charge on any atom is -0.481 e. The third kappa shape index (κ3) is 3.17. The monoisotopic (exact) mass is 295 g/mol. The maximum atomic E-state index is 10.4. The summed E-state index contributed by atoms with van der Waals surface area (Å²) in [5.74, 6) is -0.323. The lowest BCUT2D eigenvalue weighted by Crippen LogP contribution is -1.97. The molecule has 0 saturated heterocycles. The molecule has 0 spiro atoms. The Morgan fingerprint density at radius 2 is 2.06 bits per heavy atom. The average molecular weight is 296 g/mol. The van der Waals surface area contributed by atoms with Crippen molar-refractivity contribution in [2.45, 2.75) is 12.8 Å². The SMILES string of the molecule is O=C(O)CCc1coc(-c2ccc(Br)cc2)n1. The topological polar surface area (TPSA) is 63.3 Å². The molecule has 0 radical (unpaired) electrons. The van der Waals surface area contributed by atoms with Gasteiger partial charge in [-0.1, -0.05) is 15.9 Å². The van der Waals surface area contributed by atoms with E-state index in [1.54, 1.807) is 0 Å². The summed E-state index contributed by atoms with van der Waals surface area (Å²) in [6.07, 6.45) is 1.95. The van der Waals surface area contributed by atoms with Crippen LogP contribution in [0.5, 0.6) is 0 Å². The van der Waals surface area contributed by atoms with Crippen molar-refractivity contribution in [1.29, 1.82) is 0 Å². The molecule has 1 N–H and O–H groups in total. The third-order valence-electron chi connectivity index (χ3n) is 2.24. The Morgan fingerprint density at radius 3 is 2.71 bits per heavy atom. The van der Waals surface area contributed by atoms with E-state index in [1.807, 2.05) is 24.3 Å². The van der Waals surface area contributed by atoms with E-state index < -0.39 is 5.97 Å². The van der Waals surface area contributed by atoms with Crippen LogP contribution in [0, 0.1) is 0 Å². The quantitative estimate of drug-likeness (QED) is 0.941. The number of aromatic nitrogens is 1. The van der Waals surface area contributed by atoms with Gasteiger partial charge in [0.15, 0.2) is 0 Å². The van der Waals surface area contributed by atoms with E-state index in [-0.39, 0.29) is 6.42 Å². The first kappa shape index (κ1) is 11.9. The van der Waals surface area contributed by atoms with Crippen molar-refractivity contribution in [2.24, 2.45) is 0 Å². The largest absolute Gasteiger partial charge is 0.481 e. The summed E-state index contributed by atoms with van der Waals surface area (Å²) < 4.78 is 6.29. The van der Waals surface area contributed by atoms with Crippen LogP contribution >= 0.6 is 15.9 Å².